The minimum absolute atomic E-state index is 0.122. The average Bonchev–Trinajstić information content (AvgIpc) is 2.72. The summed E-state index contributed by atoms with van der Waals surface area (Å²) in [5.41, 5.74) is 1.27. The molecule has 0 saturated carbocycles. The van der Waals surface area contributed by atoms with E-state index < -0.39 is 10.0 Å². The number of halogens is 1. The van der Waals surface area contributed by atoms with Crippen molar-refractivity contribution < 1.29 is 17.9 Å². The highest BCUT2D eigenvalue weighted by Crippen LogP contribution is 2.30. The summed E-state index contributed by atoms with van der Waals surface area (Å²) >= 11 is 3.36. The van der Waals surface area contributed by atoms with E-state index in [9.17, 15) is 13.2 Å². The normalized spacial score (nSPS) is 15.4. The predicted octanol–water partition coefficient (Wildman–Crippen LogP) is 4.28. The first kappa shape index (κ1) is 21.5. The Morgan fingerprint density at radius 1 is 1.14 bits per heavy atom. The molecule has 29 heavy (non-hydrogen) atoms. The first-order valence-electron chi connectivity index (χ1n) is 9.33. The average molecular weight is 479 g/mol. The molecule has 8 heteroatoms. The molecule has 1 N–H and O–H groups in total. The molecule has 6 nitrogen and oxygen atoms in total. The highest BCUT2D eigenvalue weighted by Gasteiger charge is 2.28. The van der Waals surface area contributed by atoms with Crippen LogP contribution in [-0.2, 0) is 14.8 Å². The van der Waals surface area contributed by atoms with Crippen molar-refractivity contribution in [2.75, 3.05) is 25.5 Å². The zero-order valence-corrected chi connectivity index (χ0v) is 18.5. The lowest BCUT2D eigenvalue weighted by Gasteiger charge is -2.26. The molecule has 0 aromatic heterocycles. The lowest BCUT2D eigenvalue weighted by atomic mass is 10.2. The van der Waals surface area contributed by atoms with Crippen molar-refractivity contribution in [3.8, 4) is 5.75 Å². The van der Waals surface area contributed by atoms with Crippen LogP contribution in [-0.4, -0.2) is 38.8 Å². The Kier molecular flexibility index (Phi) is 7.10. The summed E-state index contributed by atoms with van der Waals surface area (Å²) in [7, 11) is -2.20. The lowest BCUT2D eigenvalue weighted by molar-refractivity contribution is -0.111. The third kappa shape index (κ3) is 5.46. The summed E-state index contributed by atoms with van der Waals surface area (Å²) in [6.07, 6.45) is 5.72. The Hall–Kier alpha value is -2.16. The van der Waals surface area contributed by atoms with Crippen LogP contribution in [0.2, 0.25) is 0 Å². The fourth-order valence-electron chi connectivity index (χ4n) is 3.16. The molecule has 0 unspecified atom stereocenters. The third-order valence-corrected chi connectivity index (χ3v) is 7.05. The number of amides is 1. The second kappa shape index (κ2) is 9.56. The monoisotopic (exact) mass is 478 g/mol. The van der Waals surface area contributed by atoms with Gasteiger partial charge in [0.15, 0.2) is 0 Å². The predicted molar refractivity (Wildman–Crippen MR) is 117 cm³/mol. The SMILES string of the molecule is COc1ccc(C=CC(=O)Nc2cccc(Br)c2)cc1S(=O)(=O)N1CCCCC1. The van der Waals surface area contributed by atoms with Gasteiger partial charge in [-0.15, -0.1) is 0 Å². The van der Waals surface area contributed by atoms with Gasteiger partial charge in [-0.05, 0) is 54.8 Å². The van der Waals surface area contributed by atoms with Crippen molar-refractivity contribution in [2.24, 2.45) is 0 Å². The second-order valence-electron chi connectivity index (χ2n) is 6.71. The van der Waals surface area contributed by atoms with Gasteiger partial charge in [0, 0.05) is 29.3 Å². The van der Waals surface area contributed by atoms with Crippen molar-refractivity contribution in [2.45, 2.75) is 24.2 Å². The molecular weight excluding hydrogens is 456 g/mol. The van der Waals surface area contributed by atoms with E-state index in [2.05, 4.69) is 21.2 Å². The van der Waals surface area contributed by atoms with Gasteiger partial charge in [-0.2, -0.15) is 4.31 Å². The Bertz CT molecular complexity index is 1020. The Morgan fingerprint density at radius 3 is 2.59 bits per heavy atom. The summed E-state index contributed by atoms with van der Waals surface area (Å²) in [4.78, 5) is 12.3. The molecule has 3 rings (SSSR count). The summed E-state index contributed by atoms with van der Waals surface area (Å²) < 4.78 is 33.8. The number of anilines is 1. The van der Waals surface area contributed by atoms with E-state index in [1.165, 1.54) is 17.5 Å². The highest BCUT2D eigenvalue weighted by atomic mass is 79.9. The van der Waals surface area contributed by atoms with Crippen molar-refractivity contribution >= 4 is 43.6 Å². The number of nitrogens with zero attached hydrogens (tertiary/aromatic N) is 1. The van der Waals surface area contributed by atoms with Crippen LogP contribution in [0.15, 0.2) is 57.9 Å². The van der Waals surface area contributed by atoms with Crippen LogP contribution >= 0.6 is 15.9 Å². The number of ether oxygens (including phenoxy) is 1. The van der Waals surface area contributed by atoms with Crippen molar-refractivity contribution in [3.63, 3.8) is 0 Å². The Labute approximate surface area is 179 Å². The Balaban J connectivity index is 1.80. The summed E-state index contributed by atoms with van der Waals surface area (Å²) in [5, 5.41) is 2.77. The largest absolute Gasteiger partial charge is 0.495 e. The van der Waals surface area contributed by atoms with Gasteiger partial charge in [0.25, 0.3) is 0 Å². The Morgan fingerprint density at radius 2 is 1.90 bits per heavy atom. The lowest BCUT2D eigenvalue weighted by Crippen LogP contribution is -2.35. The van der Waals surface area contributed by atoms with E-state index in [0.29, 0.717) is 30.1 Å². The molecule has 1 heterocycles. The van der Waals surface area contributed by atoms with Gasteiger partial charge >= 0.3 is 0 Å². The number of benzene rings is 2. The van der Waals surface area contributed by atoms with Crippen LogP contribution < -0.4 is 10.1 Å². The molecular formula is C21H23BrN2O4S. The maximum absolute atomic E-state index is 13.1. The molecule has 0 atom stereocenters. The number of sulfonamides is 1. The van der Waals surface area contributed by atoms with Crippen LogP contribution in [0.5, 0.6) is 5.75 Å². The number of methoxy groups -OCH3 is 1. The van der Waals surface area contributed by atoms with Gasteiger partial charge in [0.05, 0.1) is 7.11 Å². The van der Waals surface area contributed by atoms with E-state index in [1.807, 2.05) is 12.1 Å². The highest BCUT2D eigenvalue weighted by molar-refractivity contribution is 9.10. The van der Waals surface area contributed by atoms with Crippen molar-refractivity contribution in [1.29, 1.82) is 0 Å². The molecule has 2 aromatic carbocycles. The zero-order chi connectivity index (χ0) is 20.9. The number of piperidine rings is 1. The molecule has 1 aliphatic rings. The van der Waals surface area contributed by atoms with E-state index in [4.69, 9.17) is 4.74 Å². The molecule has 0 aliphatic carbocycles. The van der Waals surface area contributed by atoms with Crippen LogP contribution in [0.1, 0.15) is 24.8 Å². The standard InChI is InChI=1S/C21H23BrN2O4S/c1-28-19-10-8-16(9-11-21(25)23-18-7-5-6-17(22)15-18)14-20(19)29(26,27)24-12-3-2-4-13-24/h5-11,14-15H,2-4,12-13H2,1H3,(H,23,25). The first-order valence-corrected chi connectivity index (χ1v) is 11.6. The zero-order valence-electron chi connectivity index (χ0n) is 16.1. The molecule has 1 saturated heterocycles. The van der Waals surface area contributed by atoms with E-state index in [-0.39, 0.29) is 10.8 Å². The maximum Gasteiger partial charge on any atom is 0.248 e. The van der Waals surface area contributed by atoms with E-state index in [1.54, 1.807) is 36.4 Å². The molecule has 1 fully saturated rings. The van der Waals surface area contributed by atoms with Gasteiger partial charge in [0.1, 0.15) is 10.6 Å². The summed E-state index contributed by atoms with van der Waals surface area (Å²) in [5.74, 6) is -0.00864. The molecule has 0 spiro atoms. The van der Waals surface area contributed by atoms with Gasteiger partial charge in [0.2, 0.25) is 15.9 Å². The molecule has 2 aromatic rings. The quantitative estimate of drug-likeness (QED) is 0.628. The first-order chi connectivity index (χ1) is 13.9. The van der Waals surface area contributed by atoms with Crippen molar-refractivity contribution in [1.82, 2.24) is 4.31 Å². The number of carbonyl (C=O) groups excluding carboxylic acids is 1. The number of rotatable bonds is 6. The number of carbonyl (C=O) groups is 1. The van der Waals surface area contributed by atoms with Crippen LogP contribution in [0.25, 0.3) is 6.08 Å². The molecule has 0 radical (unpaired) electrons. The minimum Gasteiger partial charge on any atom is -0.495 e. The van der Waals surface area contributed by atoms with Gasteiger partial charge in [-0.1, -0.05) is 34.5 Å². The van der Waals surface area contributed by atoms with E-state index in [0.717, 1.165) is 23.7 Å². The minimum atomic E-state index is -3.65. The third-order valence-electron chi connectivity index (χ3n) is 4.64. The topological polar surface area (TPSA) is 75.7 Å². The fourth-order valence-corrected chi connectivity index (χ4v) is 5.27. The van der Waals surface area contributed by atoms with Gasteiger partial charge in [-0.3, -0.25) is 4.79 Å². The van der Waals surface area contributed by atoms with Crippen LogP contribution in [0.4, 0.5) is 5.69 Å². The molecule has 1 aliphatic heterocycles. The molecule has 0 bridgehead atoms. The summed E-state index contributed by atoms with van der Waals surface area (Å²) in [6, 6.07) is 12.2. The summed E-state index contributed by atoms with van der Waals surface area (Å²) in [6.45, 7) is 1.03. The number of nitrogens with one attached hydrogen (secondary N) is 1. The smallest absolute Gasteiger partial charge is 0.248 e. The van der Waals surface area contributed by atoms with Gasteiger partial charge < -0.3 is 10.1 Å². The second-order valence-corrected chi connectivity index (χ2v) is 9.53. The maximum atomic E-state index is 13.1. The number of hydrogen-bond acceptors (Lipinski definition) is 4. The fraction of sp³-hybridized carbons (Fsp3) is 0.286. The van der Waals surface area contributed by atoms with Crippen molar-refractivity contribution in [3.05, 3.63) is 58.6 Å². The molecule has 154 valence electrons. The van der Waals surface area contributed by atoms with Crippen LogP contribution in [0, 0.1) is 0 Å². The number of hydrogen-bond donors (Lipinski definition) is 1. The molecule has 1 amide bonds. The van der Waals surface area contributed by atoms with Gasteiger partial charge in [-0.25, -0.2) is 8.42 Å². The van der Waals surface area contributed by atoms with E-state index >= 15 is 0 Å². The van der Waals surface area contributed by atoms with Crippen LogP contribution in [0.3, 0.4) is 0 Å².